The van der Waals surface area contributed by atoms with Crippen LogP contribution in [-0.2, 0) is 0 Å². The molecule has 0 aliphatic carbocycles. The lowest BCUT2D eigenvalue weighted by Gasteiger charge is -2.35. The van der Waals surface area contributed by atoms with Crippen molar-refractivity contribution >= 4 is 17.5 Å². The van der Waals surface area contributed by atoms with Gasteiger partial charge in [-0.15, -0.1) is 0 Å². The highest BCUT2D eigenvalue weighted by atomic mass is 35.5. The third-order valence-corrected chi connectivity index (χ3v) is 4.44. The second-order valence-electron chi connectivity index (χ2n) is 6.72. The lowest BCUT2D eigenvalue weighted by Crippen LogP contribution is -2.42. The first-order valence-corrected chi connectivity index (χ1v) is 9.22. The molecule has 0 aromatic heterocycles. The van der Waals surface area contributed by atoms with E-state index in [0.29, 0.717) is 47.1 Å². The fourth-order valence-corrected chi connectivity index (χ4v) is 3.58. The van der Waals surface area contributed by atoms with Crippen molar-refractivity contribution in [3.05, 3.63) is 22.7 Å². The number of halogens is 1. The minimum Gasteiger partial charge on any atom is -0.490 e. The van der Waals surface area contributed by atoms with Gasteiger partial charge in [-0.25, -0.2) is 0 Å². The van der Waals surface area contributed by atoms with Crippen molar-refractivity contribution in [3.8, 4) is 11.5 Å². The largest absolute Gasteiger partial charge is 0.490 e. The zero-order valence-electron chi connectivity index (χ0n) is 15.1. The van der Waals surface area contributed by atoms with Crippen LogP contribution in [0, 0.1) is 11.8 Å². The lowest BCUT2D eigenvalue weighted by atomic mass is 9.91. The highest BCUT2D eigenvalue weighted by molar-refractivity contribution is 6.32. The number of carbonyl (C=O) groups excluding carboxylic acids is 1. The molecule has 2 rings (SSSR count). The van der Waals surface area contributed by atoms with E-state index in [-0.39, 0.29) is 5.91 Å². The van der Waals surface area contributed by atoms with E-state index in [0.717, 1.165) is 19.5 Å². The van der Waals surface area contributed by atoms with E-state index < -0.39 is 0 Å². The molecule has 2 unspecified atom stereocenters. The molecule has 1 aromatic carbocycles. The molecule has 0 spiro atoms. The van der Waals surface area contributed by atoms with Crippen LogP contribution < -0.4 is 9.47 Å². The van der Waals surface area contributed by atoms with E-state index in [1.54, 1.807) is 12.1 Å². The van der Waals surface area contributed by atoms with Crippen LogP contribution in [0.25, 0.3) is 0 Å². The Balaban J connectivity index is 2.27. The van der Waals surface area contributed by atoms with E-state index in [1.165, 1.54) is 6.42 Å². The third-order valence-electron chi connectivity index (χ3n) is 4.16. The number of amides is 1. The number of hydrogen-bond acceptors (Lipinski definition) is 3. The van der Waals surface area contributed by atoms with Gasteiger partial charge in [0.05, 0.1) is 18.2 Å². The van der Waals surface area contributed by atoms with Crippen LogP contribution in [0.5, 0.6) is 11.5 Å². The summed E-state index contributed by atoms with van der Waals surface area (Å²) in [7, 11) is 0. The number of hydrogen-bond donors (Lipinski definition) is 0. The fourth-order valence-electron chi connectivity index (χ4n) is 3.31. The molecule has 134 valence electrons. The fraction of sp³-hybridized carbons (Fsp3) is 0.632. The number of nitrogens with zero attached hydrogens (tertiary/aromatic N) is 1. The maximum absolute atomic E-state index is 12.9. The van der Waals surface area contributed by atoms with Crippen LogP contribution in [0.2, 0.25) is 5.02 Å². The molecular weight excluding hydrogens is 326 g/mol. The quantitative estimate of drug-likeness (QED) is 0.747. The van der Waals surface area contributed by atoms with Crippen LogP contribution in [0.15, 0.2) is 12.1 Å². The molecule has 0 saturated carbocycles. The lowest BCUT2D eigenvalue weighted by molar-refractivity contribution is 0.0622. The molecular formula is C19H28ClNO3. The summed E-state index contributed by atoms with van der Waals surface area (Å²) >= 11 is 6.37. The molecule has 24 heavy (non-hydrogen) atoms. The molecule has 0 radical (unpaired) electrons. The summed E-state index contributed by atoms with van der Waals surface area (Å²) in [5, 5.41) is 0.427. The molecule has 1 heterocycles. The summed E-state index contributed by atoms with van der Waals surface area (Å²) in [5.74, 6) is 2.12. The third kappa shape index (κ3) is 4.56. The first-order chi connectivity index (χ1) is 11.5. The van der Waals surface area contributed by atoms with Crippen molar-refractivity contribution in [2.45, 2.75) is 40.5 Å². The average Bonchev–Trinajstić information content (AvgIpc) is 2.52. The number of ether oxygens (including phenoxy) is 2. The van der Waals surface area contributed by atoms with Crippen molar-refractivity contribution in [1.82, 2.24) is 4.90 Å². The minimum absolute atomic E-state index is 0.0123. The van der Waals surface area contributed by atoms with Crippen LogP contribution in [0.3, 0.4) is 0 Å². The van der Waals surface area contributed by atoms with Crippen molar-refractivity contribution in [2.75, 3.05) is 26.3 Å². The van der Waals surface area contributed by atoms with Crippen molar-refractivity contribution in [1.29, 1.82) is 0 Å². The summed E-state index contributed by atoms with van der Waals surface area (Å²) in [6.45, 7) is 11.0. The molecule has 1 amide bonds. The highest BCUT2D eigenvalue weighted by Crippen LogP contribution is 2.37. The predicted molar refractivity (Wildman–Crippen MR) is 97.3 cm³/mol. The highest BCUT2D eigenvalue weighted by Gasteiger charge is 2.27. The van der Waals surface area contributed by atoms with E-state index in [2.05, 4.69) is 13.8 Å². The van der Waals surface area contributed by atoms with E-state index in [9.17, 15) is 4.79 Å². The van der Waals surface area contributed by atoms with Gasteiger partial charge in [0.25, 0.3) is 5.91 Å². The Labute approximate surface area is 150 Å². The summed E-state index contributed by atoms with van der Waals surface area (Å²) < 4.78 is 11.4. The summed E-state index contributed by atoms with van der Waals surface area (Å²) in [6, 6.07) is 3.45. The normalized spacial score (nSPS) is 20.8. The number of piperidine rings is 1. The molecule has 0 bridgehead atoms. The molecule has 1 fully saturated rings. The predicted octanol–water partition coefficient (Wildman–Crippen LogP) is 4.65. The Kier molecular flexibility index (Phi) is 6.79. The van der Waals surface area contributed by atoms with Gasteiger partial charge in [0.2, 0.25) is 0 Å². The molecule has 4 nitrogen and oxygen atoms in total. The molecule has 1 aromatic rings. The summed E-state index contributed by atoms with van der Waals surface area (Å²) in [4.78, 5) is 14.8. The number of carbonyl (C=O) groups is 1. The zero-order chi connectivity index (χ0) is 17.7. The monoisotopic (exact) mass is 353 g/mol. The van der Waals surface area contributed by atoms with Gasteiger partial charge in [0.15, 0.2) is 11.5 Å². The Morgan fingerprint density at radius 2 is 1.88 bits per heavy atom. The van der Waals surface area contributed by atoms with Crippen LogP contribution in [0.1, 0.15) is 50.9 Å². The van der Waals surface area contributed by atoms with Crippen molar-refractivity contribution in [2.24, 2.45) is 11.8 Å². The molecule has 5 heteroatoms. The van der Waals surface area contributed by atoms with E-state index >= 15 is 0 Å². The SMILES string of the molecule is CCCOc1c(Cl)cc(C(=O)N2CC(C)CC(C)C2)cc1OCC. The van der Waals surface area contributed by atoms with Crippen LogP contribution in [-0.4, -0.2) is 37.1 Å². The Hall–Kier alpha value is -1.42. The second kappa shape index (κ2) is 8.61. The molecule has 0 N–H and O–H groups in total. The summed E-state index contributed by atoms with van der Waals surface area (Å²) in [6.07, 6.45) is 2.05. The number of rotatable bonds is 6. The maximum Gasteiger partial charge on any atom is 0.254 e. The number of likely N-dealkylation sites (tertiary alicyclic amines) is 1. The van der Waals surface area contributed by atoms with E-state index in [4.69, 9.17) is 21.1 Å². The molecule has 1 saturated heterocycles. The topological polar surface area (TPSA) is 38.8 Å². The van der Waals surface area contributed by atoms with Gasteiger partial charge in [-0.2, -0.15) is 0 Å². The Morgan fingerprint density at radius 1 is 1.21 bits per heavy atom. The van der Waals surface area contributed by atoms with Gasteiger partial charge in [-0.1, -0.05) is 32.4 Å². The van der Waals surface area contributed by atoms with Crippen molar-refractivity contribution < 1.29 is 14.3 Å². The standard InChI is InChI=1S/C19H28ClNO3/c1-5-7-24-18-16(20)9-15(10-17(18)23-6-2)19(22)21-11-13(3)8-14(4)12-21/h9-10,13-14H,5-8,11-12H2,1-4H3. The Morgan fingerprint density at radius 3 is 2.46 bits per heavy atom. The smallest absolute Gasteiger partial charge is 0.254 e. The van der Waals surface area contributed by atoms with Crippen LogP contribution >= 0.6 is 11.6 Å². The van der Waals surface area contributed by atoms with Gasteiger partial charge in [-0.05, 0) is 43.7 Å². The minimum atomic E-state index is 0.0123. The van der Waals surface area contributed by atoms with Gasteiger partial charge in [0, 0.05) is 18.7 Å². The van der Waals surface area contributed by atoms with Gasteiger partial charge in [-0.3, -0.25) is 4.79 Å². The molecule has 1 aliphatic heterocycles. The molecule has 1 aliphatic rings. The molecule has 2 atom stereocenters. The Bertz CT molecular complexity index is 566. The second-order valence-corrected chi connectivity index (χ2v) is 7.13. The first kappa shape index (κ1) is 18.9. The van der Waals surface area contributed by atoms with E-state index in [1.807, 2.05) is 18.7 Å². The first-order valence-electron chi connectivity index (χ1n) is 8.84. The van der Waals surface area contributed by atoms with Gasteiger partial charge in [0.1, 0.15) is 0 Å². The van der Waals surface area contributed by atoms with Gasteiger partial charge < -0.3 is 14.4 Å². The maximum atomic E-state index is 12.9. The van der Waals surface area contributed by atoms with Crippen molar-refractivity contribution in [3.63, 3.8) is 0 Å². The zero-order valence-corrected chi connectivity index (χ0v) is 15.9. The average molecular weight is 354 g/mol. The van der Waals surface area contributed by atoms with Gasteiger partial charge >= 0.3 is 0 Å². The number of benzene rings is 1. The van der Waals surface area contributed by atoms with Crippen LogP contribution in [0.4, 0.5) is 0 Å². The summed E-state index contributed by atoms with van der Waals surface area (Å²) in [5.41, 5.74) is 0.564.